The minimum atomic E-state index is -0.743. The Morgan fingerprint density at radius 2 is 2.41 bits per heavy atom. The highest BCUT2D eigenvalue weighted by atomic mass is 16.4. The molecule has 0 amide bonds. The van der Waals surface area contributed by atoms with Gasteiger partial charge in [0.15, 0.2) is 0 Å². The molecule has 1 unspecified atom stereocenters. The second kappa shape index (κ2) is 5.12. The number of carbonyl (C=O) groups is 1. The van der Waals surface area contributed by atoms with Gasteiger partial charge in [-0.05, 0) is 32.3 Å². The summed E-state index contributed by atoms with van der Waals surface area (Å²) < 4.78 is 0. The summed E-state index contributed by atoms with van der Waals surface area (Å²) in [4.78, 5) is 21.4. The van der Waals surface area contributed by atoms with Crippen molar-refractivity contribution in [1.29, 1.82) is 0 Å². The van der Waals surface area contributed by atoms with Gasteiger partial charge >= 0.3 is 5.97 Å². The van der Waals surface area contributed by atoms with Crippen LogP contribution >= 0.6 is 0 Å². The van der Waals surface area contributed by atoms with Crippen molar-refractivity contribution in [1.82, 2.24) is 9.97 Å². The molecule has 17 heavy (non-hydrogen) atoms. The lowest BCUT2D eigenvalue weighted by Crippen LogP contribution is -2.41. The van der Waals surface area contributed by atoms with E-state index in [1.165, 1.54) is 0 Å². The van der Waals surface area contributed by atoms with Crippen LogP contribution in [0.15, 0.2) is 12.3 Å². The second-order valence-electron chi connectivity index (χ2n) is 4.40. The Kier molecular flexibility index (Phi) is 3.56. The highest BCUT2D eigenvalue weighted by Gasteiger charge is 2.25. The Labute approximate surface area is 100 Å². The predicted molar refractivity (Wildman–Crippen MR) is 64.0 cm³/mol. The summed E-state index contributed by atoms with van der Waals surface area (Å²) in [5.41, 5.74) is 0. The van der Waals surface area contributed by atoms with Crippen molar-refractivity contribution in [2.75, 3.05) is 11.4 Å². The van der Waals surface area contributed by atoms with Gasteiger partial charge < -0.3 is 10.0 Å². The Bertz CT molecular complexity index is 408. The Morgan fingerprint density at radius 1 is 1.59 bits per heavy atom. The van der Waals surface area contributed by atoms with E-state index in [0.717, 1.165) is 37.4 Å². The van der Waals surface area contributed by atoms with Gasteiger partial charge in [0.25, 0.3) is 0 Å². The van der Waals surface area contributed by atoms with Crippen LogP contribution in [-0.4, -0.2) is 33.6 Å². The third-order valence-corrected chi connectivity index (χ3v) is 3.09. The van der Waals surface area contributed by atoms with E-state index >= 15 is 0 Å². The molecule has 0 bridgehead atoms. The lowest BCUT2D eigenvalue weighted by molar-refractivity contribution is -0.137. The van der Waals surface area contributed by atoms with E-state index in [9.17, 15) is 4.79 Å². The van der Waals surface area contributed by atoms with E-state index in [4.69, 9.17) is 5.11 Å². The van der Waals surface area contributed by atoms with E-state index in [1.807, 2.05) is 13.0 Å². The molecule has 1 N–H and O–H groups in total. The minimum absolute atomic E-state index is 0.0653. The van der Waals surface area contributed by atoms with Gasteiger partial charge in [-0.2, -0.15) is 0 Å². The first-order valence-corrected chi connectivity index (χ1v) is 5.95. The van der Waals surface area contributed by atoms with Crippen LogP contribution in [0.3, 0.4) is 0 Å². The first-order valence-electron chi connectivity index (χ1n) is 5.95. The number of aromatic nitrogens is 2. The van der Waals surface area contributed by atoms with Crippen LogP contribution in [0.1, 0.15) is 31.5 Å². The molecule has 1 aromatic rings. The minimum Gasteiger partial charge on any atom is -0.481 e. The van der Waals surface area contributed by atoms with E-state index in [0.29, 0.717) is 0 Å². The molecule has 1 aliphatic rings. The van der Waals surface area contributed by atoms with Crippen molar-refractivity contribution in [3.05, 3.63) is 18.1 Å². The zero-order valence-corrected chi connectivity index (χ0v) is 9.96. The number of rotatable bonds is 3. The molecule has 1 fully saturated rings. The number of anilines is 1. The van der Waals surface area contributed by atoms with Crippen LogP contribution in [0.5, 0.6) is 0 Å². The second-order valence-corrected chi connectivity index (χ2v) is 4.40. The Morgan fingerprint density at radius 3 is 3.12 bits per heavy atom. The maximum atomic E-state index is 10.9. The molecule has 1 saturated heterocycles. The number of carboxylic acid groups (broad SMARTS) is 1. The zero-order valence-electron chi connectivity index (χ0n) is 9.96. The van der Waals surface area contributed by atoms with Crippen LogP contribution in [0, 0.1) is 6.92 Å². The summed E-state index contributed by atoms with van der Waals surface area (Å²) in [7, 11) is 0. The smallest absolute Gasteiger partial charge is 0.305 e. The van der Waals surface area contributed by atoms with Gasteiger partial charge in [-0.15, -0.1) is 0 Å². The quantitative estimate of drug-likeness (QED) is 0.862. The van der Waals surface area contributed by atoms with Gasteiger partial charge in [-0.1, -0.05) is 0 Å². The van der Waals surface area contributed by atoms with Crippen molar-refractivity contribution in [2.45, 2.75) is 38.6 Å². The number of carboxylic acids is 1. The number of hydrogen-bond donors (Lipinski definition) is 1. The number of hydrogen-bond acceptors (Lipinski definition) is 4. The third kappa shape index (κ3) is 2.93. The molecular formula is C12H17N3O2. The third-order valence-electron chi connectivity index (χ3n) is 3.09. The fourth-order valence-electron chi connectivity index (χ4n) is 2.32. The summed E-state index contributed by atoms with van der Waals surface area (Å²) in [6, 6.07) is 1.92. The van der Waals surface area contributed by atoms with E-state index < -0.39 is 5.97 Å². The molecule has 0 spiro atoms. The van der Waals surface area contributed by atoms with E-state index in [1.54, 1.807) is 6.20 Å². The van der Waals surface area contributed by atoms with E-state index in [2.05, 4.69) is 14.9 Å². The average Bonchev–Trinajstić information content (AvgIpc) is 2.29. The number of piperidine rings is 1. The molecule has 0 saturated carbocycles. The van der Waals surface area contributed by atoms with Gasteiger partial charge in [0.05, 0.1) is 6.42 Å². The Balaban J connectivity index is 2.18. The van der Waals surface area contributed by atoms with Crippen molar-refractivity contribution in [2.24, 2.45) is 0 Å². The molecule has 1 atom stereocenters. The van der Waals surface area contributed by atoms with Crippen molar-refractivity contribution in [3.8, 4) is 0 Å². The molecule has 2 rings (SSSR count). The average molecular weight is 235 g/mol. The highest BCUT2D eigenvalue weighted by Crippen LogP contribution is 2.24. The molecular weight excluding hydrogens is 218 g/mol. The summed E-state index contributed by atoms with van der Waals surface area (Å²) in [6.45, 7) is 2.73. The number of nitrogens with zero attached hydrogens (tertiary/aromatic N) is 3. The highest BCUT2D eigenvalue weighted by molar-refractivity contribution is 5.68. The number of aliphatic carboxylic acids is 1. The van der Waals surface area contributed by atoms with Crippen LogP contribution in [0.25, 0.3) is 0 Å². The van der Waals surface area contributed by atoms with E-state index in [-0.39, 0.29) is 12.5 Å². The van der Waals surface area contributed by atoms with Crippen LogP contribution in [0.4, 0.5) is 5.82 Å². The maximum absolute atomic E-state index is 10.9. The Hall–Kier alpha value is -1.65. The van der Waals surface area contributed by atoms with Crippen LogP contribution < -0.4 is 4.90 Å². The largest absolute Gasteiger partial charge is 0.481 e. The van der Waals surface area contributed by atoms with Crippen molar-refractivity contribution in [3.63, 3.8) is 0 Å². The SMILES string of the molecule is Cc1nccc(N2CCCCC2CC(=O)O)n1. The maximum Gasteiger partial charge on any atom is 0.305 e. The first-order chi connectivity index (χ1) is 8.16. The molecule has 1 aliphatic heterocycles. The van der Waals surface area contributed by atoms with Gasteiger partial charge in [0, 0.05) is 18.8 Å². The van der Waals surface area contributed by atoms with Gasteiger partial charge in [0.1, 0.15) is 11.6 Å². The molecule has 0 radical (unpaired) electrons. The topological polar surface area (TPSA) is 66.3 Å². The molecule has 2 heterocycles. The molecule has 0 aromatic carbocycles. The fourth-order valence-corrected chi connectivity index (χ4v) is 2.32. The molecule has 0 aliphatic carbocycles. The van der Waals surface area contributed by atoms with Crippen molar-refractivity contribution >= 4 is 11.8 Å². The molecule has 1 aromatic heterocycles. The predicted octanol–water partition coefficient (Wildman–Crippen LogP) is 1.62. The standard InChI is InChI=1S/C12H17N3O2/c1-9-13-6-5-11(14-9)15-7-3-2-4-10(15)8-12(16)17/h5-6,10H,2-4,7-8H2,1H3,(H,16,17). The monoisotopic (exact) mass is 235 g/mol. The number of aryl methyl sites for hydroxylation is 1. The van der Waals surface area contributed by atoms with Crippen LogP contribution in [0.2, 0.25) is 0 Å². The summed E-state index contributed by atoms with van der Waals surface area (Å²) in [6.07, 6.45) is 5.03. The first kappa shape index (κ1) is 11.8. The van der Waals surface area contributed by atoms with Gasteiger partial charge in [-0.3, -0.25) is 4.79 Å². The molecule has 5 nitrogen and oxygen atoms in total. The molecule has 92 valence electrons. The molecule has 5 heteroatoms. The lowest BCUT2D eigenvalue weighted by Gasteiger charge is -2.35. The summed E-state index contributed by atoms with van der Waals surface area (Å²) in [5.74, 6) is 0.832. The van der Waals surface area contributed by atoms with Crippen molar-refractivity contribution < 1.29 is 9.90 Å². The van der Waals surface area contributed by atoms with Gasteiger partial charge in [-0.25, -0.2) is 9.97 Å². The zero-order chi connectivity index (χ0) is 12.3. The van der Waals surface area contributed by atoms with Crippen LogP contribution in [-0.2, 0) is 4.79 Å². The summed E-state index contributed by atoms with van der Waals surface area (Å²) in [5, 5.41) is 8.93. The summed E-state index contributed by atoms with van der Waals surface area (Å²) >= 11 is 0. The fraction of sp³-hybridized carbons (Fsp3) is 0.583. The normalized spacial score (nSPS) is 20.3. The lowest BCUT2D eigenvalue weighted by atomic mass is 9.99. The van der Waals surface area contributed by atoms with Gasteiger partial charge in [0.2, 0.25) is 0 Å².